The minimum Gasteiger partial charge on any atom is -0.349 e. The van der Waals surface area contributed by atoms with E-state index in [1.165, 1.54) is 17.5 Å². The van der Waals surface area contributed by atoms with Crippen molar-refractivity contribution in [3.05, 3.63) is 107 Å². The van der Waals surface area contributed by atoms with Crippen LogP contribution in [0.1, 0.15) is 52.9 Å². The van der Waals surface area contributed by atoms with Gasteiger partial charge in [0.25, 0.3) is 5.91 Å². The lowest BCUT2D eigenvalue weighted by atomic mass is 9.83. The third kappa shape index (κ3) is 5.40. The molecule has 5 heteroatoms. The van der Waals surface area contributed by atoms with Gasteiger partial charge in [-0.15, -0.1) is 0 Å². The quantitative estimate of drug-likeness (QED) is 0.303. The number of nitrogens with zero attached hydrogens (tertiary/aromatic N) is 3. The Morgan fingerprint density at radius 3 is 2.21 bits per heavy atom. The molecule has 0 radical (unpaired) electrons. The smallest absolute Gasteiger partial charge is 0.268 e. The zero-order chi connectivity index (χ0) is 26.5. The molecule has 0 spiro atoms. The fourth-order valence-electron chi connectivity index (χ4n) is 6.05. The largest absolute Gasteiger partial charge is 0.349 e. The lowest BCUT2D eigenvalue weighted by molar-refractivity contribution is 0.0931. The molecule has 5 rings (SSSR count). The summed E-state index contributed by atoms with van der Waals surface area (Å²) in [7, 11) is 4.17. The first-order valence-electron chi connectivity index (χ1n) is 14.0. The lowest BCUT2D eigenvalue weighted by Gasteiger charge is -2.24. The summed E-state index contributed by atoms with van der Waals surface area (Å²) in [6.45, 7) is 6.64. The van der Waals surface area contributed by atoms with Gasteiger partial charge in [0.05, 0.1) is 0 Å². The summed E-state index contributed by atoms with van der Waals surface area (Å²) in [5, 5.41) is 4.52. The molecular formula is C33H40N4O. The van der Waals surface area contributed by atoms with E-state index in [1.807, 2.05) is 0 Å². The molecule has 1 aliphatic rings. The number of carbonyl (C=O) groups is 1. The number of para-hydroxylation sites is 1. The SMILES string of the molecule is CCN1CCCC1CNC(=O)c1c(C(c2ccccc2)c2ccccc2)c2ccccc2n1CCN(C)C. The second kappa shape index (κ2) is 12.0. The van der Waals surface area contributed by atoms with Crippen LogP contribution in [0.25, 0.3) is 10.9 Å². The number of amides is 1. The summed E-state index contributed by atoms with van der Waals surface area (Å²) >= 11 is 0. The van der Waals surface area contributed by atoms with E-state index in [2.05, 4.69) is 126 Å². The van der Waals surface area contributed by atoms with Crippen molar-refractivity contribution in [2.75, 3.05) is 40.3 Å². The van der Waals surface area contributed by atoms with E-state index in [4.69, 9.17) is 0 Å². The molecule has 1 fully saturated rings. The van der Waals surface area contributed by atoms with Gasteiger partial charge in [-0.25, -0.2) is 0 Å². The molecule has 1 atom stereocenters. The highest BCUT2D eigenvalue weighted by Gasteiger charge is 2.31. The highest BCUT2D eigenvalue weighted by molar-refractivity contribution is 6.03. The number of hydrogen-bond acceptors (Lipinski definition) is 3. The highest BCUT2D eigenvalue weighted by atomic mass is 16.2. The van der Waals surface area contributed by atoms with Crippen molar-refractivity contribution in [2.24, 2.45) is 0 Å². The molecule has 3 aromatic carbocycles. The fourth-order valence-corrected chi connectivity index (χ4v) is 6.05. The van der Waals surface area contributed by atoms with Crippen molar-refractivity contribution < 1.29 is 4.79 Å². The van der Waals surface area contributed by atoms with Crippen molar-refractivity contribution >= 4 is 16.8 Å². The normalized spacial score (nSPS) is 16.1. The van der Waals surface area contributed by atoms with Crippen LogP contribution in [0.2, 0.25) is 0 Å². The molecule has 4 aromatic rings. The number of likely N-dealkylation sites (tertiary alicyclic amines) is 1. The minimum atomic E-state index is -0.0534. The molecule has 1 aliphatic heterocycles. The molecule has 1 unspecified atom stereocenters. The average Bonchev–Trinajstić information content (AvgIpc) is 3.54. The zero-order valence-electron chi connectivity index (χ0n) is 22.9. The van der Waals surface area contributed by atoms with Crippen LogP contribution in [0.3, 0.4) is 0 Å². The maximum Gasteiger partial charge on any atom is 0.268 e. The molecule has 1 N–H and O–H groups in total. The van der Waals surface area contributed by atoms with Gasteiger partial charge in [-0.3, -0.25) is 9.69 Å². The number of benzene rings is 3. The van der Waals surface area contributed by atoms with E-state index >= 15 is 0 Å². The lowest BCUT2D eigenvalue weighted by Crippen LogP contribution is -2.41. The van der Waals surface area contributed by atoms with Crippen molar-refractivity contribution in [1.82, 2.24) is 19.7 Å². The van der Waals surface area contributed by atoms with Crippen LogP contribution in [0.5, 0.6) is 0 Å². The number of fused-ring (bicyclic) bond motifs is 1. The summed E-state index contributed by atoms with van der Waals surface area (Å²) in [5.74, 6) is -0.0305. The van der Waals surface area contributed by atoms with Crippen LogP contribution in [0.15, 0.2) is 84.9 Å². The van der Waals surface area contributed by atoms with Crippen molar-refractivity contribution in [3.8, 4) is 0 Å². The van der Waals surface area contributed by atoms with E-state index in [0.29, 0.717) is 12.6 Å². The molecule has 1 saturated heterocycles. The van der Waals surface area contributed by atoms with Gasteiger partial charge >= 0.3 is 0 Å². The summed E-state index contributed by atoms with van der Waals surface area (Å²) < 4.78 is 2.26. The van der Waals surface area contributed by atoms with Crippen LogP contribution in [0, 0.1) is 0 Å². The van der Waals surface area contributed by atoms with Gasteiger partial charge in [0, 0.05) is 48.1 Å². The Morgan fingerprint density at radius 2 is 1.58 bits per heavy atom. The summed E-state index contributed by atoms with van der Waals surface area (Å²) in [4.78, 5) is 18.9. The Morgan fingerprint density at radius 1 is 0.947 bits per heavy atom. The number of carbonyl (C=O) groups excluding carboxylic acids is 1. The first-order valence-corrected chi connectivity index (χ1v) is 14.0. The Bertz CT molecular complexity index is 1310. The van der Waals surface area contributed by atoms with Crippen molar-refractivity contribution in [3.63, 3.8) is 0 Å². The first-order chi connectivity index (χ1) is 18.6. The Balaban J connectivity index is 1.67. The van der Waals surface area contributed by atoms with E-state index in [-0.39, 0.29) is 11.8 Å². The Kier molecular flexibility index (Phi) is 8.26. The Labute approximate surface area is 227 Å². The molecule has 198 valence electrons. The fraction of sp³-hybridized carbons (Fsp3) is 0.364. The molecule has 2 heterocycles. The van der Waals surface area contributed by atoms with Gasteiger partial charge in [0.1, 0.15) is 5.69 Å². The summed E-state index contributed by atoms with van der Waals surface area (Å²) in [6, 6.07) is 30.1. The first kappa shape index (κ1) is 26.2. The second-order valence-corrected chi connectivity index (χ2v) is 10.6. The molecule has 1 amide bonds. The average molecular weight is 509 g/mol. The van der Waals surface area contributed by atoms with E-state index in [9.17, 15) is 4.79 Å². The topological polar surface area (TPSA) is 40.5 Å². The van der Waals surface area contributed by atoms with Crippen molar-refractivity contribution in [1.29, 1.82) is 0 Å². The predicted molar refractivity (Wildman–Crippen MR) is 157 cm³/mol. The van der Waals surface area contributed by atoms with Gasteiger partial charge in [-0.2, -0.15) is 0 Å². The van der Waals surface area contributed by atoms with Crippen LogP contribution >= 0.6 is 0 Å². The van der Waals surface area contributed by atoms with Gasteiger partial charge in [0.15, 0.2) is 0 Å². The van der Waals surface area contributed by atoms with Gasteiger partial charge in [-0.05, 0) is 57.2 Å². The zero-order valence-corrected chi connectivity index (χ0v) is 22.9. The molecule has 38 heavy (non-hydrogen) atoms. The van der Waals surface area contributed by atoms with E-state index in [0.717, 1.165) is 54.8 Å². The third-order valence-corrected chi connectivity index (χ3v) is 7.95. The molecule has 1 aromatic heterocycles. The molecule has 0 saturated carbocycles. The second-order valence-electron chi connectivity index (χ2n) is 10.6. The van der Waals surface area contributed by atoms with Crippen molar-refractivity contribution in [2.45, 2.75) is 38.3 Å². The minimum absolute atomic E-state index is 0.0229. The third-order valence-electron chi connectivity index (χ3n) is 7.95. The number of rotatable bonds is 10. The van der Waals surface area contributed by atoms with E-state index in [1.54, 1.807) is 0 Å². The van der Waals surface area contributed by atoms with Gasteiger partial charge < -0.3 is 14.8 Å². The molecule has 0 aliphatic carbocycles. The standard InChI is InChI=1S/C33H40N4O/c1-4-36-21-13-18-27(36)24-34-33(38)32-31(28-19-11-12-20-29(28)37(32)23-22-35(2)3)30(25-14-7-5-8-15-25)26-16-9-6-10-17-26/h5-12,14-17,19-20,27,30H,4,13,18,21-24H2,1-3H3,(H,34,38). The number of aromatic nitrogens is 1. The summed E-state index contributed by atoms with van der Waals surface area (Å²) in [5.41, 5.74) is 5.37. The predicted octanol–water partition coefficient (Wildman–Crippen LogP) is 5.60. The van der Waals surface area contributed by atoms with Crippen LogP contribution in [-0.4, -0.2) is 66.6 Å². The Hall–Kier alpha value is -3.41. The maximum atomic E-state index is 14.3. The van der Waals surface area contributed by atoms with E-state index < -0.39 is 0 Å². The van der Waals surface area contributed by atoms with Gasteiger partial charge in [-0.1, -0.05) is 85.8 Å². The van der Waals surface area contributed by atoms with Crippen LogP contribution in [-0.2, 0) is 6.54 Å². The maximum absolute atomic E-state index is 14.3. The molecule has 0 bridgehead atoms. The number of nitrogens with one attached hydrogen (secondary N) is 1. The molecular weight excluding hydrogens is 468 g/mol. The van der Waals surface area contributed by atoms with Crippen LogP contribution < -0.4 is 5.32 Å². The van der Waals surface area contributed by atoms with Gasteiger partial charge in [0.2, 0.25) is 0 Å². The van der Waals surface area contributed by atoms with Crippen LogP contribution in [0.4, 0.5) is 0 Å². The number of hydrogen-bond donors (Lipinski definition) is 1. The highest BCUT2D eigenvalue weighted by Crippen LogP contribution is 2.40. The number of likely N-dealkylation sites (N-methyl/N-ethyl adjacent to an activating group) is 2. The monoisotopic (exact) mass is 508 g/mol. The molecule has 5 nitrogen and oxygen atoms in total. The summed E-state index contributed by atoms with van der Waals surface area (Å²) in [6.07, 6.45) is 2.34.